The number of nitrogens with one attached hydrogen (secondary N) is 2. The van der Waals surface area contributed by atoms with Gasteiger partial charge >= 0.3 is 11.7 Å². The minimum atomic E-state index is -0.561. The van der Waals surface area contributed by atoms with Crippen LogP contribution in [0.25, 0.3) is 10.9 Å². The van der Waals surface area contributed by atoms with Crippen molar-refractivity contribution in [2.45, 2.75) is 13.0 Å². The third kappa shape index (κ3) is 3.95. The van der Waals surface area contributed by atoms with Gasteiger partial charge in [0.1, 0.15) is 0 Å². The molecule has 8 heteroatoms. The predicted octanol–water partition coefficient (Wildman–Crippen LogP) is 1.51. The lowest BCUT2D eigenvalue weighted by atomic mass is 10.2. The first-order valence-corrected chi connectivity index (χ1v) is 8.19. The van der Waals surface area contributed by atoms with E-state index in [0.717, 1.165) is 4.57 Å². The molecule has 0 unspecified atom stereocenters. The molecule has 0 atom stereocenters. The monoisotopic (exact) mass is 367 g/mol. The summed E-state index contributed by atoms with van der Waals surface area (Å²) in [4.78, 5) is 50.6. The Morgan fingerprint density at radius 2 is 1.78 bits per heavy atom. The molecule has 3 aromatic rings. The topological polar surface area (TPSA) is 110 Å². The van der Waals surface area contributed by atoms with Crippen molar-refractivity contribution in [2.24, 2.45) is 0 Å². The van der Waals surface area contributed by atoms with Gasteiger partial charge in [-0.25, -0.2) is 9.59 Å². The SMILES string of the molecule is COC(=O)c1ccc(NC(=O)CCn2c(=O)[nH]c3ccccc3c2=O)cc1. The maximum atomic E-state index is 12.4. The molecule has 0 spiro atoms. The van der Waals surface area contributed by atoms with Crippen LogP contribution in [0.3, 0.4) is 0 Å². The van der Waals surface area contributed by atoms with Crippen molar-refractivity contribution in [1.29, 1.82) is 0 Å². The first kappa shape index (κ1) is 18.1. The van der Waals surface area contributed by atoms with Gasteiger partial charge in [-0.05, 0) is 36.4 Å². The molecule has 0 bridgehead atoms. The quantitative estimate of drug-likeness (QED) is 0.664. The van der Waals surface area contributed by atoms with Crippen LogP contribution < -0.4 is 16.6 Å². The Morgan fingerprint density at radius 3 is 2.48 bits per heavy atom. The van der Waals surface area contributed by atoms with E-state index in [1.54, 1.807) is 36.4 Å². The molecule has 0 aliphatic heterocycles. The molecule has 0 saturated carbocycles. The maximum Gasteiger partial charge on any atom is 0.337 e. The Bertz CT molecular complexity index is 1110. The van der Waals surface area contributed by atoms with E-state index in [4.69, 9.17) is 0 Å². The minimum Gasteiger partial charge on any atom is -0.465 e. The van der Waals surface area contributed by atoms with E-state index in [1.165, 1.54) is 19.2 Å². The van der Waals surface area contributed by atoms with Crippen molar-refractivity contribution in [3.8, 4) is 0 Å². The maximum absolute atomic E-state index is 12.4. The fourth-order valence-corrected chi connectivity index (χ4v) is 2.65. The van der Waals surface area contributed by atoms with E-state index in [1.807, 2.05) is 0 Å². The predicted molar refractivity (Wildman–Crippen MR) is 99.9 cm³/mol. The summed E-state index contributed by atoms with van der Waals surface area (Å²) < 4.78 is 5.61. The van der Waals surface area contributed by atoms with Crippen LogP contribution in [0.5, 0.6) is 0 Å². The molecule has 0 aliphatic carbocycles. The van der Waals surface area contributed by atoms with Crippen molar-refractivity contribution in [3.05, 3.63) is 74.9 Å². The number of amides is 1. The Hall–Kier alpha value is -3.68. The molecule has 1 amide bonds. The van der Waals surface area contributed by atoms with Crippen LogP contribution in [-0.2, 0) is 16.1 Å². The standard InChI is InChI=1S/C19H17N3O5/c1-27-18(25)12-6-8-13(9-7-12)20-16(23)10-11-22-17(24)14-4-2-3-5-15(14)21-19(22)26/h2-9H,10-11H2,1H3,(H,20,23)(H,21,26). The minimum absolute atomic E-state index is 0.0505. The van der Waals surface area contributed by atoms with Crippen LogP contribution >= 0.6 is 0 Å². The summed E-state index contributed by atoms with van der Waals surface area (Å²) in [7, 11) is 1.29. The highest BCUT2D eigenvalue weighted by atomic mass is 16.5. The normalized spacial score (nSPS) is 10.6. The van der Waals surface area contributed by atoms with Gasteiger partial charge < -0.3 is 15.0 Å². The fraction of sp³-hybridized carbons (Fsp3) is 0.158. The lowest BCUT2D eigenvalue weighted by molar-refractivity contribution is -0.116. The number of aromatic amines is 1. The smallest absolute Gasteiger partial charge is 0.337 e. The van der Waals surface area contributed by atoms with Gasteiger partial charge in [0.15, 0.2) is 0 Å². The molecular weight excluding hydrogens is 350 g/mol. The first-order chi connectivity index (χ1) is 13.0. The number of nitrogens with zero attached hydrogens (tertiary/aromatic N) is 1. The van der Waals surface area contributed by atoms with E-state index in [9.17, 15) is 19.2 Å². The van der Waals surface area contributed by atoms with Crippen LogP contribution in [0.4, 0.5) is 5.69 Å². The third-order valence-electron chi connectivity index (χ3n) is 4.04. The number of carbonyl (C=O) groups excluding carboxylic acids is 2. The van der Waals surface area contributed by atoms with Gasteiger partial charge in [-0.3, -0.25) is 14.2 Å². The van der Waals surface area contributed by atoms with E-state index in [-0.39, 0.29) is 18.9 Å². The lowest BCUT2D eigenvalue weighted by Crippen LogP contribution is -2.36. The molecule has 138 valence electrons. The largest absolute Gasteiger partial charge is 0.465 e. The number of methoxy groups -OCH3 is 1. The summed E-state index contributed by atoms with van der Waals surface area (Å²) in [6.45, 7) is -0.0505. The Balaban J connectivity index is 1.69. The van der Waals surface area contributed by atoms with E-state index < -0.39 is 17.2 Å². The summed E-state index contributed by atoms with van der Waals surface area (Å²) in [5.41, 5.74) is 0.314. The number of hydrogen-bond donors (Lipinski definition) is 2. The number of rotatable bonds is 5. The van der Waals surface area contributed by atoms with E-state index in [0.29, 0.717) is 22.2 Å². The van der Waals surface area contributed by atoms with E-state index in [2.05, 4.69) is 15.0 Å². The number of fused-ring (bicyclic) bond motifs is 1. The summed E-state index contributed by atoms with van der Waals surface area (Å²) in [6, 6.07) is 12.9. The number of benzene rings is 2. The number of anilines is 1. The zero-order chi connectivity index (χ0) is 19.4. The highest BCUT2D eigenvalue weighted by Crippen LogP contribution is 2.11. The van der Waals surface area contributed by atoms with Crippen LogP contribution in [0.2, 0.25) is 0 Å². The average molecular weight is 367 g/mol. The van der Waals surface area contributed by atoms with Crippen molar-refractivity contribution in [1.82, 2.24) is 9.55 Å². The Kier molecular flexibility index (Phi) is 5.16. The zero-order valence-corrected chi connectivity index (χ0v) is 14.5. The molecule has 0 saturated heterocycles. The molecule has 0 fully saturated rings. The van der Waals surface area contributed by atoms with E-state index >= 15 is 0 Å². The number of carbonyl (C=O) groups is 2. The molecular formula is C19H17N3O5. The number of esters is 1. The Labute approximate surface area is 153 Å². The van der Waals surface area contributed by atoms with Gasteiger partial charge in [-0.2, -0.15) is 0 Å². The highest BCUT2D eigenvalue weighted by molar-refractivity contribution is 5.93. The number of aromatic nitrogens is 2. The molecule has 2 N–H and O–H groups in total. The Morgan fingerprint density at radius 1 is 1.07 bits per heavy atom. The van der Waals surface area contributed by atoms with Crippen molar-refractivity contribution < 1.29 is 14.3 Å². The van der Waals surface area contributed by atoms with Gasteiger partial charge in [0, 0.05) is 18.7 Å². The lowest BCUT2D eigenvalue weighted by Gasteiger charge is -2.08. The number of H-pyrrole nitrogens is 1. The van der Waals surface area contributed by atoms with Crippen molar-refractivity contribution in [3.63, 3.8) is 0 Å². The fourth-order valence-electron chi connectivity index (χ4n) is 2.65. The third-order valence-corrected chi connectivity index (χ3v) is 4.04. The van der Waals surface area contributed by atoms with Crippen LogP contribution in [0.15, 0.2) is 58.1 Å². The molecule has 1 aromatic heterocycles. The average Bonchev–Trinajstić information content (AvgIpc) is 2.67. The van der Waals surface area contributed by atoms with Crippen molar-refractivity contribution in [2.75, 3.05) is 12.4 Å². The van der Waals surface area contributed by atoms with Gasteiger partial charge in [0.25, 0.3) is 5.56 Å². The molecule has 1 heterocycles. The van der Waals surface area contributed by atoms with Gasteiger partial charge in [0.05, 0.1) is 23.6 Å². The van der Waals surface area contributed by atoms with Gasteiger partial charge in [-0.1, -0.05) is 12.1 Å². The molecule has 0 aliphatic rings. The van der Waals surface area contributed by atoms with Gasteiger partial charge in [0.2, 0.25) is 5.91 Å². The molecule has 3 rings (SSSR count). The van der Waals surface area contributed by atoms with Gasteiger partial charge in [-0.15, -0.1) is 0 Å². The second kappa shape index (κ2) is 7.69. The molecule has 27 heavy (non-hydrogen) atoms. The summed E-state index contributed by atoms with van der Waals surface area (Å²) >= 11 is 0. The summed E-state index contributed by atoms with van der Waals surface area (Å²) in [6.07, 6.45) is -0.0555. The number of ether oxygens (including phenoxy) is 1. The summed E-state index contributed by atoms with van der Waals surface area (Å²) in [5, 5.41) is 3.04. The van der Waals surface area contributed by atoms with Crippen molar-refractivity contribution >= 4 is 28.5 Å². The molecule has 2 aromatic carbocycles. The second-order valence-corrected chi connectivity index (χ2v) is 5.80. The van der Waals surface area contributed by atoms with Crippen LogP contribution in [-0.4, -0.2) is 28.5 Å². The highest BCUT2D eigenvalue weighted by Gasteiger charge is 2.10. The number of para-hydroxylation sites is 1. The van der Waals surface area contributed by atoms with Crippen LogP contribution in [0.1, 0.15) is 16.8 Å². The number of hydrogen-bond acceptors (Lipinski definition) is 5. The van der Waals surface area contributed by atoms with Crippen LogP contribution in [0, 0.1) is 0 Å². The molecule has 8 nitrogen and oxygen atoms in total. The first-order valence-electron chi connectivity index (χ1n) is 8.19. The summed E-state index contributed by atoms with van der Waals surface area (Å²) in [5.74, 6) is -0.831. The second-order valence-electron chi connectivity index (χ2n) is 5.80. The molecule has 0 radical (unpaired) electrons. The zero-order valence-electron chi connectivity index (χ0n) is 14.5.